The van der Waals surface area contributed by atoms with E-state index >= 15 is 0 Å². The summed E-state index contributed by atoms with van der Waals surface area (Å²) in [7, 11) is -1.29. The Kier molecular flexibility index (Phi) is 9.27. The van der Waals surface area contributed by atoms with E-state index in [4.69, 9.17) is 9.26 Å². The van der Waals surface area contributed by atoms with Crippen LogP contribution in [-0.4, -0.2) is 68.0 Å². The van der Waals surface area contributed by atoms with E-state index in [-0.39, 0.29) is 23.6 Å². The zero-order valence-electron chi connectivity index (χ0n) is 15.4. The average molecular weight is 395 g/mol. The molecule has 0 aromatic rings. The molecule has 1 fully saturated rings. The molecule has 0 aromatic heterocycles. The topological polar surface area (TPSA) is 97.0 Å². The molecule has 2 N–H and O–H groups in total. The van der Waals surface area contributed by atoms with Crippen molar-refractivity contribution < 1.29 is 23.4 Å². The third-order valence-corrected chi connectivity index (χ3v) is 6.48. The molecule has 2 atom stereocenters. The molecule has 0 spiro atoms. The molecular formula is C15H30N3O5PS. The molecule has 2 amide bonds. The van der Waals surface area contributed by atoms with Gasteiger partial charge in [0.2, 0.25) is 5.91 Å². The Morgan fingerprint density at radius 1 is 1.32 bits per heavy atom. The Hall–Kier alpha value is -0.760. The van der Waals surface area contributed by atoms with Crippen LogP contribution in [-0.2, 0) is 18.6 Å². The molecule has 0 saturated carbocycles. The highest BCUT2D eigenvalue weighted by atomic mass is 32.1. The number of nitrogens with one attached hydrogen (secondary N) is 2. The predicted octanol–water partition coefficient (Wildman–Crippen LogP) is 1.72. The van der Waals surface area contributed by atoms with E-state index in [0.29, 0.717) is 32.5 Å². The number of nitrogens with zero attached hydrogens (tertiary/aromatic N) is 1. The quantitative estimate of drug-likeness (QED) is 0.428. The van der Waals surface area contributed by atoms with Gasteiger partial charge >= 0.3 is 6.09 Å². The van der Waals surface area contributed by atoms with Crippen molar-refractivity contribution in [3.63, 3.8) is 0 Å². The maximum absolute atomic E-state index is 12.3. The number of rotatable bonds is 8. The zero-order valence-corrected chi connectivity index (χ0v) is 17.1. The van der Waals surface area contributed by atoms with Crippen LogP contribution in [0.5, 0.6) is 0 Å². The summed E-state index contributed by atoms with van der Waals surface area (Å²) in [5, 5.41) is 5.44. The molecule has 1 aliphatic rings. The zero-order chi connectivity index (χ0) is 19.0. The van der Waals surface area contributed by atoms with E-state index < -0.39 is 19.7 Å². The third-order valence-electron chi connectivity index (χ3n) is 4.01. The highest BCUT2D eigenvalue weighted by molar-refractivity contribution is 7.80. The van der Waals surface area contributed by atoms with Gasteiger partial charge in [-0.3, -0.25) is 9.36 Å². The fourth-order valence-electron chi connectivity index (χ4n) is 2.41. The smallest absolute Gasteiger partial charge is 0.407 e. The molecule has 1 unspecified atom stereocenters. The van der Waals surface area contributed by atoms with Crippen LogP contribution in [0.15, 0.2) is 0 Å². The number of hydrogen-bond donors (Lipinski definition) is 3. The molecule has 0 radical (unpaired) electrons. The van der Waals surface area contributed by atoms with Crippen molar-refractivity contribution in [3.8, 4) is 0 Å². The van der Waals surface area contributed by atoms with Crippen molar-refractivity contribution in [1.82, 2.24) is 15.3 Å². The first-order valence-corrected chi connectivity index (χ1v) is 11.1. The van der Waals surface area contributed by atoms with E-state index in [9.17, 15) is 14.2 Å². The van der Waals surface area contributed by atoms with Gasteiger partial charge in [0, 0.05) is 38.7 Å². The van der Waals surface area contributed by atoms with Crippen LogP contribution in [0.4, 0.5) is 4.79 Å². The minimum absolute atomic E-state index is 0.0310. The van der Waals surface area contributed by atoms with Crippen LogP contribution in [0, 0.1) is 5.92 Å². The van der Waals surface area contributed by atoms with Crippen LogP contribution in [0.3, 0.4) is 0 Å². The van der Waals surface area contributed by atoms with Crippen LogP contribution < -0.4 is 10.6 Å². The SMILES string of the molecule is COP(C)(=O)N1CCC(NC(=O)[C@H](CS)NC(=O)OCC(C)C)CC1. The van der Waals surface area contributed by atoms with E-state index in [1.54, 1.807) is 6.66 Å². The van der Waals surface area contributed by atoms with Crippen molar-refractivity contribution in [2.75, 3.05) is 39.2 Å². The van der Waals surface area contributed by atoms with E-state index in [1.165, 1.54) is 7.11 Å². The highest BCUT2D eigenvalue weighted by Crippen LogP contribution is 2.47. The molecule has 1 heterocycles. The number of alkyl carbamates (subject to hydrolysis) is 1. The van der Waals surface area contributed by atoms with Gasteiger partial charge in [0.05, 0.1) is 6.61 Å². The summed E-state index contributed by atoms with van der Waals surface area (Å²) in [4.78, 5) is 24.0. The maximum Gasteiger partial charge on any atom is 0.407 e. The fraction of sp³-hybridized carbons (Fsp3) is 0.867. The lowest BCUT2D eigenvalue weighted by Crippen LogP contribution is -2.52. The lowest BCUT2D eigenvalue weighted by Gasteiger charge is -2.35. The van der Waals surface area contributed by atoms with Gasteiger partial charge in [0.1, 0.15) is 6.04 Å². The second kappa shape index (κ2) is 10.4. The summed E-state index contributed by atoms with van der Waals surface area (Å²) in [5.74, 6) is 0.108. The Balaban J connectivity index is 2.44. The molecule has 0 bridgehead atoms. The molecule has 0 aliphatic carbocycles. The van der Waals surface area contributed by atoms with E-state index in [2.05, 4.69) is 23.3 Å². The predicted molar refractivity (Wildman–Crippen MR) is 100 cm³/mol. The number of carbonyl (C=O) groups is 2. The lowest BCUT2D eigenvalue weighted by molar-refractivity contribution is -0.123. The summed E-state index contributed by atoms with van der Waals surface area (Å²) in [6.07, 6.45) is 0.721. The molecule has 1 aliphatic heterocycles. The summed E-state index contributed by atoms with van der Waals surface area (Å²) in [5.41, 5.74) is 0. The normalized spacial score (nSPS) is 19.9. The Bertz CT molecular complexity index is 498. The molecular weight excluding hydrogens is 365 g/mol. The fourth-order valence-corrected chi connectivity index (χ4v) is 3.86. The van der Waals surface area contributed by atoms with Gasteiger partial charge in [-0.05, 0) is 18.8 Å². The molecule has 10 heteroatoms. The maximum atomic E-state index is 12.3. The van der Waals surface area contributed by atoms with Gasteiger partial charge in [-0.1, -0.05) is 13.8 Å². The summed E-state index contributed by atoms with van der Waals surface area (Å²) in [6.45, 7) is 6.92. The van der Waals surface area contributed by atoms with Crippen LogP contribution in [0.25, 0.3) is 0 Å². The van der Waals surface area contributed by atoms with E-state index in [0.717, 1.165) is 0 Å². The molecule has 0 aromatic carbocycles. The van der Waals surface area contributed by atoms with Gasteiger partial charge in [-0.2, -0.15) is 12.6 Å². The number of amides is 2. The second-order valence-electron chi connectivity index (χ2n) is 6.59. The van der Waals surface area contributed by atoms with Gasteiger partial charge in [-0.15, -0.1) is 0 Å². The molecule has 1 rings (SSSR count). The monoisotopic (exact) mass is 395 g/mol. The molecule has 146 valence electrons. The number of carbonyl (C=O) groups excluding carboxylic acids is 2. The standard InChI is InChI=1S/C15H30N3O5PS/c1-11(2)9-23-15(20)17-13(10-25)14(19)16-12-5-7-18(8-6-12)24(4,21)22-3/h11-13,25H,5-10H2,1-4H3,(H,16,19)(H,17,20)/t13-,24?/m0/s1. The van der Waals surface area contributed by atoms with Crippen molar-refractivity contribution >= 4 is 32.1 Å². The van der Waals surface area contributed by atoms with Crippen molar-refractivity contribution in [2.24, 2.45) is 5.92 Å². The Morgan fingerprint density at radius 2 is 1.92 bits per heavy atom. The van der Waals surface area contributed by atoms with Gasteiger partial charge in [0.25, 0.3) is 7.52 Å². The highest BCUT2D eigenvalue weighted by Gasteiger charge is 2.31. The first-order valence-electron chi connectivity index (χ1n) is 8.42. The summed E-state index contributed by atoms with van der Waals surface area (Å²) < 4.78 is 24.1. The number of ether oxygens (including phenoxy) is 1. The van der Waals surface area contributed by atoms with Crippen LogP contribution >= 0.6 is 20.1 Å². The van der Waals surface area contributed by atoms with Crippen molar-refractivity contribution in [1.29, 1.82) is 0 Å². The number of piperidine rings is 1. The molecule has 25 heavy (non-hydrogen) atoms. The minimum Gasteiger partial charge on any atom is -0.449 e. The van der Waals surface area contributed by atoms with Crippen molar-refractivity contribution in [3.05, 3.63) is 0 Å². The van der Waals surface area contributed by atoms with Crippen LogP contribution in [0.1, 0.15) is 26.7 Å². The molecule has 1 saturated heterocycles. The first-order chi connectivity index (χ1) is 11.7. The third kappa shape index (κ3) is 7.56. The largest absolute Gasteiger partial charge is 0.449 e. The molecule has 8 nitrogen and oxygen atoms in total. The Labute approximate surface area is 155 Å². The average Bonchev–Trinajstić information content (AvgIpc) is 2.58. The summed E-state index contributed by atoms with van der Waals surface area (Å²) in [6, 6.07) is -0.784. The minimum atomic E-state index is -2.73. The number of hydrogen-bond acceptors (Lipinski definition) is 6. The second-order valence-corrected chi connectivity index (χ2v) is 9.50. The van der Waals surface area contributed by atoms with E-state index in [1.807, 2.05) is 18.5 Å². The van der Waals surface area contributed by atoms with Crippen molar-refractivity contribution in [2.45, 2.75) is 38.8 Å². The number of thiol groups is 1. The van der Waals surface area contributed by atoms with Gasteiger partial charge in [-0.25, -0.2) is 9.46 Å². The first kappa shape index (κ1) is 22.3. The lowest BCUT2D eigenvalue weighted by atomic mass is 10.1. The van der Waals surface area contributed by atoms with Crippen LogP contribution in [0.2, 0.25) is 0 Å². The Morgan fingerprint density at radius 3 is 2.40 bits per heavy atom. The van der Waals surface area contributed by atoms with Gasteiger partial charge < -0.3 is 19.9 Å². The summed E-state index contributed by atoms with van der Waals surface area (Å²) >= 11 is 4.13. The van der Waals surface area contributed by atoms with Gasteiger partial charge in [0.15, 0.2) is 0 Å².